The van der Waals surface area contributed by atoms with Gasteiger partial charge in [0.1, 0.15) is 6.33 Å². The highest BCUT2D eigenvalue weighted by molar-refractivity contribution is 5.97. The molecule has 0 aliphatic carbocycles. The van der Waals surface area contributed by atoms with Crippen LogP contribution in [0.3, 0.4) is 0 Å². The maximum atomic E-state index is 12.5. The van der Waals surface area contributed by atoms with Gasteiger partial charge in [-0.05, 0) is 56.7 Å². The number of imidazole rings is 1. The van der Waals surface area contributed by atoms with Crippen LogP contribution < -0.4 is 5.32 Å². The molecule has 3 aromatic rings. The summed E-state index contributed by atoms with van der Waals surface area (Å²) in [6.07, 6.45) is 1.34. The predicted octanol–water partition coefficient (Wildman–Crippen LogP) is 3.46. The van der Waals surface area contributed by atoms with Crippen molar-refractivity contribution < 1.29 is 14.3 Å². The number of fused-ring (bicyclic) bond motifs is 1. The van der Waals surface area contributed by atoms with E-state index < -0.39 is 6.29 Å². The van der Waals surface area contributed by atoms with Crippen LogP contribution in [0.25, 0.3) is 16.7 Å². The minimum absolute atomic E-state index is 0.175. The third kappa shape index (κ3) is 4.53. The summed E-state index contributed by atoms with van der Waals surface area (Å²) in [5, 5.41) is 2.86. The molecule has 0 spiro atoms. The maximum Gasteiger partial charge on any atom is 0.251 e. The van der Waals surface area contributed by atoms with Gasteiger partial charge in [0.25, 0.3) is 5.91 Å². The fourth-order valence-electron chi connectivity index (χ4n) is 2.95. The van der Waals surface area contributed by atoms with Crippen molar-refractivity contribution in [2.45, 2.75) is 27.1 Å². The summed E-state index contributed by atoms with van der Waals surface area (Å²) in [6.45, 7) is 7.21. The highest BCUT2D eigenvalue weighted by Crippen LogP contribution is 2.20. The molecule has 0 aliphatic heterocycles. The number of aryl methyl sites for hydroxylation is 1. The molecule has 1 aromatic heterocycles. The highest BCUT2D eigenvalue weighted by Gasteiger charge is 2.13. The van der Waals surface area contributed by atoms with E-state index in [2.05, 4.69) is 29.4 Å². The predicted molar refractivity (Wildman–Crippen MR) is 105 cm³/mol. The van der Waals surface area contributed by atoms with Crippen molar-refractivity contribution in [3.05, 3.63) is 59.9 Å². The van der Waals surface area contributed by atoms with Crippen molar-refractivity contribution in [1.82, 2.24) is 14.9 Å². The molecule has 6 nitrogen and oxygen atoms in total. The average Bonchev–Trinajstić information content (AvgIpc) is 3.09. The number of hydrogen-bond donors (Lipinski definition) is 1. The Bertz CT molecular complexity index is 914. The van der Waals surface area contributed by atoms with Crippen molar-refractivity contribution in [2.24, 2.45) is 0 Å². The molecule has 0 unspecified atom stereocenters. The van der Waals surface area contributed by atoms with Gasteiger partial charge in [-0.15, -0.1) is 0 Å². The minimum atomic E-state index is -0.437. The third-order valence-electron chi connectivity index (χ3n) is 4.22. The van der Waals surface area contributed by atoms with Crippen LogP contribution in [0.15, 0.2) is 48.8 Å². The van der Waals surface area contributed by atoms with E-state index in [0.717, 1.165) is 16.7 Å². The first-order chi connectivity index (χ1) is 13.1. The van der Waals surface area contributed by atoms with E-state index in [1.807, 2.05) is 42.7 Å². The largest absolute Gasteiger partial charge is 0.351 e. The van der Waals surface area contributed by atoms with Gasteiger partial charge in [-0.1, -0.05) is 12.1 Å². The Balaban J connectivity index is 1.76. The van der Waals surface area contributed by atoms with Crippen LogP contribution in [0, 0.1) is 6.92 Å². The zero-order chi connectivity index (χ0) is 19.2. The lowest BCUT2D eigenvalue weighted by molar-refractivity contribution is -0.131. The van der Waals surface area contributed by atoms with Crippen LogP contribution in [0.5, 0.6) is 0 Å². The van der Waals surface area contributed by atoms with Gasteiger partial charge in [0.15, 0.2) is 6.29 Å². The molecule has 0 saturated heterocycles. The SMILES string of the molecule is CCOC(CNC(=O)c1ccc2c(c1)ncn2-c1cccc(C)c1)OCC. The molecule has 6 heteroatoms. The second-order valence-electron chi connectivity index (χ2n) is 6.21. The molecule has 0 aliphatic rings. The lowest BCUT2D eigenvalue weighted by atomic mass is 10.1. The van der Waals surface area contributed by atoms with Crippen molar-refractivity contribution in [2.75, 3.05) is 19.8 Å². The number of nitrogens with zero attached hydrogens (tertiary/aromatic N) is 2. The van der Waals surface area contributed by atoms with Gasteiger partial charge in [-0.3, -0.25) is 9.36 Å². The fourth-order valence-corrected chi connectivity index (χ4v) is 2.95. The van der Waals surface area contributed by atoms with E-state index in [1.54, 1.807) is 12.4 Å². The molecule has 0 fully saturated rings. The Morgan fingerprint density at radius 2 is 1.93 bits per heavy atom. The third-order valence-corrected chi connectivity index (χ3v) is 4.22. The molecule has 0 saturated carbocycles. The Hall–Kier alpha value is -2.70. The van der Waals surface area contributed by atoms with E-state index in [9.17, 15) is 4.79 Å². The summed E-state index contributed by atoms with van der Waals surface area (Å²) in [7, 11) is 0. The summed E-state index contributed by atoms with van der Waals surface area (Å²) in [4.78, 5) is 16.9. The first kappa shape index (κ1) is 19.1. The summed E-state index contributed by atoms with van der Waals surface area (Å²) in [6, 6.07) is 13.7. The van der Waals surface area contributed by atoms with Gasteiger partial charge in [0, 0.05) is 24.5 Å². The molecule has 0 atom stereocenters. The second-order valence-corrected chi connectivity index (χ2v) is 6.21. The Morgan fingerprint density at radius 3 is 2.63 bits per heavy atom. The lowest BCUT2D eigenvalue weighted by Crippen LogP contribution is -2.35. The van der Waals surface area contributed by atoms with E-state index in [0.29, 0.717) is 25.3 Å². The molecular weight excluding hydrogens is 342 g/mol. The van der Waals surface area contributed by atoms with Crippen LogP contribution in [-0.2, 0) is 9.47 Å². The van der Waals surface area contributed by atoms with E-state index in [-0.39, 0.29) is 5.91 Å². The molecule has 3 rings (SSSR count). The van der Waals surface area contributed by atoms with Crippen LogP contribution in [0.2, 0.25) is 0 Å². The Kier molecular flexibility index (Phi) is 6.21. The average molecular weight is 367 g/mol. The number of aromatic nitrogens is 2. The lowest BCUT2D eigenvalue weighted by Gasteiger charge is -2.17. The van der Waals surface area contributed by atoms with E-state index in [1.165, 1.54) is 5.56 Å². The minimum Gasteiger partial charge on any atom is -0.351 e. The number of carbonyl (C=O) groups is 1. The number of nitrogens with one attached hydrogen (secondary N) is 1. The number of amides is 1. The molecule has 0 bridgehead atoms. The summed E-state index contributed by atoms with van der Waals surface area (Å²) >= 11 is 0. The molecule has 1 amide bonds. The molecule has 142 valence electrons. The topological polar surface area (TPSA) is 65.4 Å². The number of ether oxygens (including phenoxy) is 2. The zero-order valence-corrected chi connectivity index (χ0v) is 15.9. The van der Waals surface area contributed by atoms with Gasteiger partial charge < -0.3 is 14.8 Å². The van der Waals surface area contributed by atoms with Crippen LogP contribution in [0.1, 0.15) is 29.8 Å². The van der Waals surface area contributed by atoms with E-state index >= 15 is 0 Å². The first-order valence-electron chi connectivity index (χ1n) is 9.18. The first-order valence-corrected chi connectivity index (χ1v) is 9.18. The Morgan fingerprint density at radius 1 is 1.15 bits per heavy atom. The van der Waals surface area contributed by atoms with Gasteiger partial charge in [0.05, 0.1) is 17.6 Å². The number of benzene rings is 2. The fraction of sp³-hybridized carbons (Fsp3) is 0.333. The van der Waals surface area contributed by atoms with Crippen molar-refractivity contribution in [1.29, 1.82) is 0 Å². The molecule has 1 N–H and O–H groups in total. The summed E-state index contributed by atoms with van der Waals surface area (Å²) in [5.74, 6) is -0.175. The van der Waals surface area contributed by atoms with Gasteiger partial charge in [-0.25, -0.2) is 4.98 Å². The molecule has 27 heavy (non-hydrogen) atoms. The highest BCUT2D eigenvalue weighted by atomic mass is 16.7. The molecule has 1 heterocycles. The quantitative estimate of drug-likeness (QED) is 0.619. The smallest absolute Gasteiger partial charge is 0.251 e. The van der Waals surface area contributed by atoms with Crippen molar-refractivity contribution >= 4 is 16.9 Å². The zero-order valence-electron chi connectivity index (χ0n) is 15.9. The standard InChI is InChI=1S/C21H25N3O3/c1-4-26-20(27-5-2)13-22-21(25)16-9-10-19-18(12-16)23-14-24(19)17-8-6-7-15(3)11-17/h6-12,14,20H,4-5,13H2,1-3H3,(H,22,25). The number of carbonyl (C=O) groups excluding carboxylic acids is 1. The van der Waals surface area contributed by atoms with Gasteiger partial charge >= 0.3 is 0 Å². The van der Waals surface area contributed by atoms with E-state index in [4.69, 9.17) is 9.47 Å². The van der Waals surface area contributed by atoms with Gasteiger partial charge in [0.2, 0.25) is 0 Å². The van der Waals surface area contributed by atoms with Crippen LogP contribution >= 0.6 is 0 Å². The summed E-state index contributed by atoms with van der Waals surface area (Å²) in [5.41, 5.74) is 4.52. The van der Waals surface area contributed by atoms with Crippen molar-refractivity contribution in [3.63, 3.8) is 0 Å². The Labute approximate surface area is 159 Å². The summed E-state index contributed by atoms with van der Waals surface area (Å²) < 4.78 is 12.9. The molecule has 2 aromatic carbocycles. The van der Waals surface area contributed by atoms with Gasteiger partial charge in [-0.2, -0.15) is 0 Å². The monoisotopic (exact) mass is 367 g/mol. The number of rotatable bonds is 8. The van der Waals surface area contributed by atoms with Crippen LogP contribution in [-0.4, -0.2) is 41.5 Å². The van der Waals surface area contributed by atoms with Crippen LogP contribution in [0.4, 0.5) is 0 Å². The molecule has 0 radical (unpaired) electrons. The van der Waals surface area contributed by atoms with Crippen molar-refractivity contribution in [3.8, 4) is 5.69 Å². The second kappa shape index (κ2) is 8.79. The number of hydrogen-bond acceptors (Lipinski definition) is 4. The normalized spacial score (nSPS) is 11.3. The molecular formula is C21H25N3O3. The maximum absolute atomic E-state index is 12.5.